The molecule has 6 nitrogen and oxygen atoms in total. The van der Waals surface area contributed by atoms with Gasteiger partial charge in [0.2, 0.25) is 5.95 Å². The second kappa shape index (κ2) is 7.94. The molecular weight excluding hydrogens is 374 g/mol. The standard InChI is InChI=1S/C24H27N5O/c1-18-17-22(26-24(25-18)29-11-4-5-12-29)27-13-15-28(16-14-27)23(30)21-10-6-8-19-7-2-3-9-20(19)21/h2-3,6-10,17H,4-5,11-16H2,1H3. The van der Waals surface area contributed by atoms with Crippen molar-refractivity contribution >= 4 is 28.4 Å². The van der Waals surface area contributed by atoms with Gasteiger partial charge in [0.25, 0.3) is 5.91 Å². The van der Waals surface area contributed by atoms with Crippen LogP contribution >= 0.6 is 0 Å². The molecule has 30 heavy (non-hydrogen) atoms. The fraction of sp³-hybridized carbons (Fsp3) is 0.375. The average molecular weight is 402 g/mol. The number of rotatable bonds is 3. The SMILES string of the molecule is Cc1cc(N2CCN(C(=O)c3cccc4ccccc34)CC2)nc(N2CCCC2)n1. The number of carbonyl (C=O) groups excluding carboxylic acids is 1. The number of aryl methyl sites for hydroxylation is 1. The van der Waals surface area contributed by atoms with Crippen LogP contribution in [0.15, 0.2) is 48.5 Å². The Morgan fingerprint density at radius 3 is 2.37 bits per heavy atom. The third kappa shape index (κ3) is 3.58. The number of aromatic nitrogens is 2. The number of hydrogen-bond acceptors (Lipinski definition) is 5. The summed E-state index contributed by atoms with van der Waals surface area (Å²) in [6.07, 6.45) is 2.42. The number of fused-ring (bicyclic) bond motifs is 1. The summed E-state index contributed by atoms with van der Waals surface area (Å²) in [6.45, 7) is 7.07. The van der Waals surface area contributed by atoms with Gasteiger partial charge in [0, 0.05) is 56.6 Å². The monoisotopic (exact) mass is 401 g/mol. The fourth-order valence-electron chi connectivity index (χ4n) is 4.48. The second-order valence-electron chi connectivity index (χ2n) is 8.17. The van der Waals surface area contributed by atoms with Crippen LogP contribution in [0.2, 0.25) is 0 Å². The highest BCUT2D eigenvalue weighted by atomic mass is 16.2. The van der Waals surface area contributed by atoms with Gasteiger partial charge in [-0.25, -0.2) is 4.98 Å². The van der Waals surface area contributed by atoms with Crippen LogP contribution in [0, 0.1) is 6.92 Å². The highest BCUT2D eigenvalue weighted by molar-refractivity contribution is 6.07. The molecule has 154 valence electrons. The van der Waals surface area contributed by atoms with Crippen LogP contribution in [0.3, 0.4) is 0 Å². The van der Waals surface area contributed by atoms with Crippen LogP contribution < -0.4 is 9.80 Å². The normalized spacial score (nSPS) is 17.0. The molecule has 2 fully saturated rings. The first kappa shape index (κ1) is 18.9. The Kier molecular flexibility index (Phi) is 4.99. The van der Waals surface area contributed by atoms with Crippen molar-refractivity contribution < 1.29 is 4.79 Å². The molecule has 0 bridgehead atoms. The van der Waals surface area contributed by atoms with Crippen molar-refractivity contribution in [3.05, 3.63) is 59.8 Å². The van der Waals surface area contributed by atoms with E-state index in [0.29, 0.717) is 13.1 Å². The molecule has 0 N–H and O–H groups in total. The maximum absolute atomic E-state index is 13.2. The molecule has 3 heterocycles. The quantitative estimate of drug-likeness (QED) is 0.672. The Morgan fingerprint density at radius 2 is 1.57 bits per heavy atom. The van der Waals surface area contributed by atoms with Gasteiger partial charge in [-0.05, 0) is 36.6 Å². The molecule has 6 heteroatoms. The van der Waals surface area contributed by atoms with Gasteiger partial charge in [-0.2, -0.15) is 4.98 Å². The van der Waals surface area contributed by atoms with E-state index >= 15 is 0 Å². The Morgan fingerprint density at radius 1 is 0.833 bits per heavy atom. The predicted molar refractivity (Wildman–Crippen MR) is 120 cm³/mol. The number of piperazine rings is 1. The van der Waals surface area contributed by atoms with Gasteiger partial charge in [0.05, 0.1) is 0 Å². The topological polar surface area (TPSA) is 52.6 Å². The number of amides is 1. The summed E-state index contributed by atoms with van der Waals surface area (Å²) in [5.41, 5.74) is 1.78. The zero-order valence-electron chi connectivity index (χ0n) is 17.4. The van der Waals surface area contributed by atoms with Crippen LogP contribution in [0.25, 0.3) is 10.8 Å². The third-order valence-electron chi connectivity index (χ3n) is 6.13. The van der Waals surface area contributed by atoms with Crippen LogP contribution in [-0.4, -0.2) is 60.0 Å². The summed E-state index contributed by atoms with van der Waals surface area (Å²) < 4.78 is 0. The predicted octanol–water partition coefficient (Wildman–Crippen LogP) is 3.50. The van der Waals surface area contributed by atoms with E-state index in [1.807, 2.05) is 42.2 Å². The molecule has 0 radical (unpaired) electrons. The second-order valence-corrected chi connectivity index (χ2v) is 8.17. The lowest BCUT2D eigenvalue weighted by atomic mass is 10.0. The molecule has 2 aliphatic rings. The highest BCUT2D eigenvalue weighted by Crippen LogP contribution is 2.24. The van der Waals surface area contributed by atoms with Crippen LogP contribution in [-0.2, 0) is 0 Å². The van der Waals surface area contributed by atoms with Gasteiger partial charge < -0.3 is 14.7 Å². The van der Waals surface area contributed by atoms with Crippen molar-refractivity contribution in [1.29, 1.82) is 0 Å². The molecule has 0 aliphatic carbocycles. The summed E-state index contributed by atoms with van der Waals surface area (Å²) in [5.74, 6) is 1.93. The molecule has 2 saturated heterocycles. The van der Waals surface area contributed by atoms with Crippen molar-refractivity contribution in [2.24, 2.45) is 0 Å². The fourth-order valence-corrected chi connectivity index (χ4v) is 4.48. The number of anilines is 2. The van der Waals surface area contributed by atoms with Gasteiger partial charge in [-0.3, -0.25) is 4.79 Å². The van der Waals surface area contributed by atoms with Crippen molar-refractivity contribution in [1.82, 2.24) is 14.9 Å². The third-order valence-corrected chi connectivity index (χ3v) is 6.13. The number of benzene rings is 2. The van der Waals surface area contributed by atoms with E-state index in [4.69, 9.17) is 4.98 Å². The van der Waals surface area contributed by atoms with Crippen LogP contribution in [0.1, 0.15) is 28.9 Å². The van der Waals surface area contributed by atoms with Gasteiger partial charge in [-0.15, -0.1) is 0 Å². The van der Waals surface area contributed by atoms with Crippen molar-refractivity contribution in [3.8, 4) is 0 Å². The van der Waals surface area contributed by atoms with Gasteiger partial charge in [0.1, 0.15) is 5.82 Å². The number of nitrogens with zero attached hydrogens (tertiary/aromatic N) is 5. The first-order chi connectivity index (χ1) is 14.7. The van der Waals surface area contributed by atoms with E-state index < -0.39 is 0 Å². The van der Waals surface area contributed by atoms with Gasteiger partial charge in [0.15, 0.2) is 0 Å². The molecule has 2 aliphatic heterocycles. The van der Waals surface area contributed by atoms with Gasteiger partial charge in [-0.1, -0.05) is 36.4 Å². The lowest BCUT2D eigenvalue weighted by Gasteiger charge is -2.36. The van der Waals surface area contributed by atoms with Crippen LogP contribution in [0.4, 0.5) is 11.8 Å². The molecule has 0 saturated carbocycles. The zero-order valence-corrected chi connectivity index (χ0v) is 17.4. The smallest absolute Gasteiger partial charge is 0.254 e. The number of carbonyl (C=O) groups is 1. The molecule has 5 rings (SSSR count). The van der Waals surface area contributed by atoms with E-state index in [0.717, 1.165) is 60.0 Å². The van der Waals surface area contributed by atoms with Gasteiger partial charge >= 0.3 is 0 Å². The Labute approximate surface area is 177 Å². The highest BCUT2D eigenvalue weighted by Gasteiger charge is 2.25. The van der Waals surface area contributed by atoms with E-state index in [9.17, 15) is 4.79 Å². The molecule has 1 aromatic heterocycles. The summed E-state index contributed by atoms with van der Waals surface area (Å²) in [6, 6.07) is 16.1. The Bertz CT molecular complexity index is 1060. The lowest BCUT2D eigenvalue weighted by molar-refractivity contribution is 0.0748. The molecule has 3 aromatic rings. The van der Waals surface area contributed by atoms with Crippen LogP contribution in [0.5, 0.6) is 0 Å². The average Bonchev–Trinajstić information content (AvgIpc) is 3.33. The first-order valence-corrected chi connectivity index (χ1v) is 10.8. The van der Waals surface area contributed by atoms with E-state index in [1.54, 1.807) is 0 Å². The Balaban J connectivity index is 1.31. The summed E-state index contributed by atoms with van der Waals surface area (Å²) in [4.78, 5) is 29.2. The molecule has 1 amide bonds. The van der Waals surface area contributed by atoms with E-state index in [1.165, 1.54) is 12.8 Å². The minimum atomic E-state index is 0.114. The lowest BCUT2D eigenvalue weighted by Crippen LogP contribution is -2.49. The van der Waals surface area contributed by atoms with E-state index in [-0.39, 0.29) is 5.91 Å². The summed E-state index contributed by atoms with van der Waals surface area (Å²) in [7, 11) is 0. The molecule has 2 aromatic carbocycles. The van der Waals surface area contributed by atoms with E-state index in [2.05, 4.69) is 33.0 Å². The first-order valence-electron chi connectivity index (χ1n) is 10.8. The Hall–Kier alpha value is -3.15. The minimum Gasteiger partial charge on any atom is -0.353 e. The molecule has 0 unspecified atom stereocenters. The number of hydrogen-bond donors (Lipinski definition) is 0. The van der Waals surface area contributed by atoms with Crippen molar-refractivity contribution in [2.45, 2.75) is 19.8 Å². The molecular formula is C24H27N5O. The summed E-state index contributed by atoms with van der Waals surface area (Å²) >= 11 is 0. The maximum atomic E-state index is 13.2. The summed E-state index contributed by atoms with van der Waals surface area (Å²) in [5, 5.41) is 2.13. The van der Waals surface area contributed by atoms with Crippen molar-refractivity contribution in [2.75, 3.05) is 49.1 Å². The minimum absolute atomic E-state index is 0.114. The molecule has 0 spiro atoms. The molecule has 0 atom stereocenters. The van der Waals surface area contributed by atoms with Crippen molar-refractivity contribution in [3.63, 3.8) is 0 Å². The largest absolute Gasteiger partial charge is 0.353 e. The maximum Gasteiger partial charge on any atom is 0.254 e. The zero-order chi connectivity index (χ0) is 20.5.